The van der Waals surface area contributed by atoms with Crippen LogP contribution in [-0.4, -0.2) is 63.5 Å². The van der Waals surface area contributed by atoms with Gasteiger partial charge in [-0.25, -0.2) is 0 Å². The van der Waals surface area contributed by atoms with E-state index in [-0.39, 0.29) is 0 Å². The van der Waals surface area contributed by atoms with Gasteiger partial charge in [-0.1, -0.05) is 13.8 Å². The van der Waals surface area contributed by atoms with Gasteiger partial charge in [0.25, 0.3) is 0 Å². The van der Waals surface area contributed by atoms with Gasteiger partial charge in [-0.3, -0.25) is 4.90 Å². The molecular formula is C15H32N2O2. The van der Waals surface area contributed by atoms with Gasteiger partial charge in [0.05, 0.1) is 13.2 Å². The standard InChI is InChI=1S/C15H32N2O2/c1-5-13(3)17(8-10-18-4)11-14-12-19-9-7-15(14)16-6-2/h13-16H,5-12H2,1-4H3. The van der Waals surface area contributed by atoms with E-state index in [2.05, 4.69) is 31.0 Å². The molecule has 1 aliphatic heterocycles. The zero-order valence-electron chi connectivity index (χ0n) is 13.2. The topological polar surface area (TPSA) is 33.7 Å². The lowest BCUT2D eigenvalue weighted by Gasteiger charge is -2.38. The van der Waals surface area contributed by atoms with Gasteiger partial charge in [-0.15, -0.1) is 0 Å². The van der Waals surface area contributed by atoms with E-state index in [0.29, 0.717) is 18.0 Å². The molecule has 114 valence electrons. The molecule has 1 aliphatic rings. The fourth-order valence-electron chi connectivity index (χ4n) is 2.77. The molecular weight excluding hydrogens is 240 g/mol. The Kier molecular flexibility index (Phi) is 8.62. The predicted octanol–water partition coefficient (Wildman–Crippen LogP) is 1.75. The summed E-state index contributed by atoms with van der Waals surface area (Å²) in [5.74, 6) is 0.597. The Morgan fingerprint density at radius 3 is 2.84 bits per heavy atom. The van der Waals surface area contributed by atoms with Gasteiger partial charge in [0, 0.05) is 44.8 Å². The third-order valence-electron chi connectivity index (χ3n) is 4.21. The van der Waals surface area contributed by atoms with Gasteiger partial charge in [-0.05, 0) is 26.3 Å². The van der Waals surface area contributed by atoms with Crippen LogP contribution in [0.15, 0.2) is 0 Å². The molecule has 3 unspecified atom stereocenters. The van der Waals surface area contributed by atoms with Crippen molar-refractivity contribution in [3.63, 3.8) is 0 Å². The molecule has 0 aromatic heterocycles. The Labute approximate surface area is 118 Å². The number of rotatable bonds is 9. The van der Waals surface area contributed by atoms with Crippen molar-refractivity contribution in [1.82, 2.24) is 10.2 Å². The fraction of sp³-hybridized carbons (Fsp3) is 1.00. The second-order valence-electron chi connectivity index (χ2n) is 5.53. The number of nitrogens with one attached hydrogen (secondary N) is 1. The van der Waals surface area contributed by atoms with Crippen LogP contribution >= 0.6 is 0 Å². The summed E-state index contributed by atoms with van der Waals surface area (Å²) >= 11 is 0. The summed E-state index contributed by atoms with van der Waals surface area (Å²) in [5.41, 5.74) is 0. The van der Waals surface area contributed by atoms with Crippen molar-refractivity contribution in [2.75, 3.05) is 46.6 Å². The van der Waals surface area contributed by atoms with Gasteiger partial charge >= 0.3 is 0 Å². The molecule has 1 saturated heterocycles. The Bertz CT molecular complexity index is 224. The normalized spacial score (nSPS) is 25.7. The summed E-state index contributed by atoms with van der Waals surface area (Å²) < 4.78 is 10.9. The zero-order valence-corrected chi connectivity index (χ0v) is 13.2. The van der Waals surface area contributed by atoms with E-state index in [0.717, 1.165) is 45.9 Å². The number of hydrogen-bond acceptors (Lipinski definition) is 4. The van der Waals surface area contributed by atoms with E-state index in [1.165, 1.54) is 6.42 Å². The monoisotopic (exact) mass is 272 g/mol. The van der Waals surface area contributed by atoms with Gasteiger partial charge in [0.1, 0.15) is 0 Å². The van der Waals surface area contributed by atoms with E-state index in [1.54, 1.807) is 7.11 Å². The maximum absolute atomic E-state index is 5.68. The lowest BCUT2D eigenvalue weighted by Crippen LogP contribution is -2.49. The second-order valence-corrected chi connectivity index (χ2v) is 5.53. The number of methoxy groups -OCH3 is 1. The Morgan fingerprint density at radius 2 is 2.21 bits per heavy atom. The molecule has 4 heteroatoms. The molecule has 0 aliphatic carbocycles. The van der Waals surface area contributed by atoms with Gasteiger partial charge in [0.2, 0.25) is 0 Å². The quantitative estimate of drug-likeness (QED) is 0.693. The summed E-state index contributed by atoms with van der Waals surface area (Å²) in [6.45, 7) is 12.5. The molecule has 19 heavy (non-hydrogen) atoms. The summed E-state index contributed by atoms with van der Waals surface area (Å²) in [6.07, 6.45) is 2.32. The average Bonchev–Trinajstić information content (AvgIpc) is 2.44. The first kappa shape index (κ1) is 16.9. The predicted molar refractivity (Wildman–Crippen MR) is 79.6 cm³/mol. The maximum atomic E-state index is 5.68. The van der Waals surface area contributed by atoms with Crippen LogP contribution < -0.4 is 5.32 Å². The number of nitrogens with zero attached hydrogens (tertiary/aromatic N) is 1. The van der Waals surface area contributed by atoms with E-state index < -0.39 is 0 Å². The first-order valence-corrected chi connectivity index (χ1v) is 7.77. The highest BCUT2D eigenvalue weighted by atomic mass is 16.5. The smallest absolute Gasteiger partial charge is 0.0589 e. The van der Waals surface area contributed by atoms with Crippen molar-refractivity contribution in [1.29, 1.82) is 0 Å². The minimum Gasteiger partial charge on any atom is -0.383 e. The van der Waals surface area contributed by atoms with Gasteiger partial charge in [0.15, 0.2) is 0 Å². The number of ether oxygens (including phenoxy) is 2. The molecule has 1 N–H and O–H groups in total. The van der Waals surface area contributed by atoms with Crippen LogP contribution in [0.5, 0.6) is 0 Å². The summed E-state index contributed by atoms with van der Waals surface area (Å²) in [7, 11) is 1.78. The van der Waals surface area contributed by atoms with Crippen LogP contribution in [-0.2, 0) is 9.47 Å². The fourth-order valence-corrected chi connectivity index (χ4v) is 2.77. The molecule has 3 atom stereocenters. The largest absolute Gasteiger partial charge is 0.383 e. The third-order valence-corrected chi connectivity index (χ3v) is 4.21. The molecule has 1 rings (SSSR count). The minimum atomic E-state index is 0.597. The molecule has 1 fully saturated rings. The van der Waals surface area contributed by atoms with Crippen molar-refractivity contribution in [2.24, 2.45) is 5.92 Å². The van der Waals surface area contributed by atoms with Crippen molar-refractivity contribution in [2.45, 2.75) is 45.7 Å². The number of hydrogen-bond donors (Lipinski definition) is 1. The van der Waals surface area contributed by atoms with Crippen molar-refractivity contribution >= 4 is 0 Å². The van der Waals surface area contributed by atoms with Gasteiger partial charge in [-0.2, -0.15) is 0 Å². The van der Waals surface area contributed by atoms with Crippen LogP contribution in [0, 0.1) is 5.92 Å². The molecule has 4 nitrogen and oxygen atoms in total. The highest BCUT2D eigenvalue weighted by molar-refractivity contribution is 4.83. The molecule has 1 heterocycles. The van der Waals surface area contributed by atoms with Crippen LogP contribution in [0.4, 0.5) is 0 Å². The second kappa shape index (κ2) is 9.70. The van der Waals surface area contributed by atoms with Crippen LogP contribution in [0.25, 0.3) is 0 Å². The van der Waals surface area contributed by atoms with Crippen molar-refractivity contribution in [3.8, 4) is 0 Å². The van der Waals surface area contributed by atoms with Crippen LogP contribution in [0.2, 0.25) is 0 Å². The Hall–Kier alpha value is -0.160. The average molecular weight is 272 g/mol. The first-order valence-electron chi connectivity index (χ1n) is 7.77. The summed E-state index contributed by atoms with van der Waals surface area (Å²) in [6, 6.07) is 1.22. The highest BCUT2D eigenvalue weighted by Gasteiger charge is 2.27. The third kappa shape index (κ3) is 5.78. The van der Waals surface area contributed by atoms with Crippen molar-refractivity contribution < 1.29 is 9.47 Å². The van der Waals surface area contributed by atoms with E-state index in [4.69, 9.17) is 9.47 Å². The molecule has 0 saturated carbocycles. The Balaban J connectivity index is 2.53. The van der Waals surface area contributed by atoms with E-state index >= 15 is 0 Å². The lowest BCUT2D eigenvalue weighted by atomic mass is 9.94. The molecule has 0 aromatic carbocycles. The zero-order chi connectivity index (χ0) is 14.1. The van der Waals surface area contributed by atoms with E-state index in [9.17, 15) is 0 Å². The van der Waals surface area contributed by atoms with Crippen LogP contribution in [0.1, 0.15) is 33.6 Å². The SMILES string of the molecule is CCNC1CCOCC1CN(CCOC)C(C)CC. The van der Waals surface area contributed by atoms with Gasteiger partial charge < -0.3 is 14.8 Å². The molecule has 0 aromatic rings. The summed E-state index contributed by atoms with van der Waals surface area (Å²) in [5, 5.41) is 3.62. The maximum Gasteiger partial charge on any atom is 0.0589 e. The van der Waals surface area contributed by atoms with Crippen molar-refractivity contribution in [3.05, 3.63) is 0 Å². The lowest BCUT2D eigenvalue weighted by molar-refractivity contribution is 0.00676. The summed E-state index contributed by atoms with van der Waals surface area (Å²) in [4.78, 5) is 2.55. The minimum absolute atomic E-state index is 0.597. The highest BCUT2D eigenvalue weighted by Crippen LogP contribution is 2.18. The molecule has 0 spiro atoms. The first-order chi connectivity index (χ1) is 9.22. The Morgan fingerprint density at radius 1 is 1.42 bits per heavy atom. The molecule has 0 radical (unpaired) electrons. The van der Waals surface area contributed by atoms with Crippen LogP contribution in [0.3, 0.4) is 0 Å². The molecule has 0 bridgehead atoms. The molecule has 0 amide bonds. The van der Waals surface area contributed by atoms with E-state index in [1.807, 2.05) is 0 Å².